The molecule has 1 aliphatic rings. The van der Waals surface area contributed by atoms with Crippen LogP contribution in [0.5, 0.6) is 0 Å². The molecule has 0 saturated carbocycles. The molecule has 0 unspecified atom stereocenters. The van der Waals surface area contributed by atoms with Crippen LogP contribution in [-0.2, 0) is 4.74 Å². The van der Waals surface area contributed by atoms with Gasteiger partial charge in [0, 0.05) is 35.1 Å². The van der Waals surface area contributed by atoms with Gasteiger partial charge in [-0.2, -0.15) is 0 Å². The maximum absolute atomic E-state index is 12.1. The Morgan fingerprint density at radius 2 is 1.64 bits per heavy atom. The Balaban J connectivity index is 1.65. The van der Waals surface area contributed by atoms with Crippen molar-refractivity contribution in [2.24, 2.45) is 0 Å². The molecule has 1 aliphatic heterocycles. The average Bonchev–Trinajstić information content (AvgIpc) is 2.57. The molecule has 22 heavy (non-hydrogen) atoms. The van der Waals surface area contributed by atoms with Crippen molar-refractivity contribution in [1.29, 1.82) is 0 Å². The zero-order valence-corrected chi connectivity index (χ0v) is 12.8. The maximum atomic E-state index is 12.1. The predicted octanol–water partition coefficient (Wildman–Crippen LogP) is 3.43. The first-order chi connectivity index (χ1) is 10.7. The van der Waals surface area contributed by atoms with Crippen molar-refractivity contribution < 1.29 is 9.53 Å². The highest BCUT2D eigenvalue weighted by atomic mass is 35.5. The zero-order chi connectivity index (χ0) is 15.4. The summed E-state index contributed by atoms with van der Waals surface area (Å²) < 4.78 is 5.35. The molecule has 114 valence electrons. The van der Waals surface area contributed by atoms with Crippen LogP contribution in [0.25, 0.3) is 0 Å². The van der Waals surface area contributed by atoms with Crippen LogP contribution in [0.1, 0.15) is 10.4 Å². The van der Waals surface area contributed by atoms with Crippen LogP contribution in [0.15, 0.2) is 48.5 Å². The number of amides is 1. The smallest absolute Gasteiger partial charge is 0.255 e. The summed E-state index contributed by atoms with van der Waals surface area (Å²) in [5.41, 5.74) is 2.51. The van der Waals surface area contributed by atoms with E-state index in [1.807, 2.05) is 24.3 Å². The molecule has 3 rings (SSSR count). The van der Waals surface area contributed by atoms with E-state index in [-0.39, 0.29) is 5.91 Å². The monoisotopic (exact) mass is 316 g/mol. The molecule has 1 amide bonds. The van der Waals surface area contributed by atoms with Gasteiger partial charge in [0.05, 0.1) is 13.2 Å². The molecule has 0 atom stereocenters. The number of ether oxygens (including phenoxy) is 1. The van der Waals surface area contributed by atoms with E-state index in [0.29, 0.717) is 10.6 Å². The predicted molar refractivity (Wildman–Crippen MR) is 88.9 cm³/mol. The number of anilines is 2. The number of rotatable bonds is 3. The molecule has 0 bridgehead atoms. The molecule has 1 fully saturated rings. The first-order valence-corrected chi connectivity index (χ1v) is 7.60. The van der Waals surface area contributed by atoms with Gasteiger partial charge in [-0.1, -0.05) is 11.6 Å². The largest absolute Gasteiger partial charge is 0.378 e. The summed E-state index contributed by atoms with van der Waals surface area (Å²) in [6.45, 7) is 3.32. The SMILES string of the molecule is O=C(Nc1ccc(N2CCOCC2)cc1)c1ccc(Cl)cc1. The molecular weight excluding hydrogens is 300 g/mol. The summed E-state index contributed by atoms with van der Waals surface area (Å²) in [6.07, 6.45) is 0. The first-order valence-electron chi connectivity index (χ1n) is 7.22. The number of hydrogen-bond donors (Lipinski definition) is 1. The van der Waals surface area contributed by atoms with Crippen molar-refractivity contribution in [3.63, 3.8) is 0 Å². The third-order valence-electron chi connectivity index (χ3n) is 3.61. The van der Waals surface area contributed by atoms with E-state index in [4.69, 9.17) is 16.3 Å². The Kier molecular flexibility index (Phi) is 4.61. The Morgan fingerprint density at radius 3 is 2.27 bits per heavy atom. The van der Waals surface area contributed by atoms with Gasteiger partial charge < -0.3 is 15.0 Å². The molecule has 1 saturated heterocycles. The van der Waals surface area contributed by atoms with Crippen LogP contribution in [0.2, 0.25) is 5.02 Å². The summed E-state index contributed by atoms with van der Waals surface area (Å²) in [7, 11) is 0. The van der Waals surface area contributed by atoms with E-state index >= 15 is 0 Å². The van der Waals surface area contributed by atoms with Crippen molar-refractivity contribution >= 4 is 28.9 Å². The number of nitrogens with one attached hydrogen (secondary N) is 1. The lowest BCUT2D eigenvalue weighted by molar-refractivity contribution is 0.102. The maximum Gasteiger partial charge on any atom is 0.255 e. The molecular formula is C17H17ClN2O2. The fourth-order valence-corrected chi connectivity index (χ4v) is 2.51. The standard InChI is InChI=1S/C17H17ClN2O2/c18-14-3-1-13(2-4-14)17(21)19-15-5-7-16(8-6-15)20-9-11-22-12-10-20/h1-8H,9-12H2,(H,19,21). The number of hydrogen-bond acceptors (Lipinski definition) is 3. The van der Waals surface area contributed by atoms with Crippen LogP contribution in [0.3, 0.4) is 0 Å². The lowest BCUT2D eigenvalue weighted by Gasteiger charge is -2.28. The van der Waals surface area contributed by atoms with Crippen molar-refractivity contribution in [3.8, 4) is 0 Å². The van der Waals surface area contributed by atoms with Crippen molar-refractivity contribution in [3.05, 3.63) is 59.1 Å². The molecule has 0 aromatic heterocycles. The molecule has 4 nitrogen and oxygen atoms in total. The Labute approximate surface area is 134 Å². The van der Waals surface area contributed by atoms with Gasteiger partial charge in [0.25, 0.3) is 5.91 Å². The van der Waals surface area contributed by atoms with E-state index in [1.165, 1.54) is 0 Å². The lowest BCUT2D eigenvalue weighted by Crippen LogP contribution is -2.36. The van der Waals surface area contributed by atoms with E-state index in [2.05, 4.69) is 10.2 Å². The fraction of sp³-hybridized carbons (Fsp3) is 0.235. The number of nitrogens with zero attached hydrogens (tertiary/aromatic N) is 1. The summed E-state index contributed by atoms with van der Waals surface area (Å²) in [6, 6.07) is 14.7. The minimum absolute atomic E-state index is 0.143. The molecule has 0 spiro atoms. The minimum atomic E-state index is -0.143. The Bertz CT molecular complexity index is 635. The highest BCUT2D eigenvalue weighted by molar-refractivity contribution is 6.30. The number of benzene rings is 2. The fourth-order valence-electron chi connectivity index (χ4n) is 2.38. The van der Waals surface area contributed by atoms with Gasteiger partial charge in [-0.25, -0.2) is 0 Å². The summed E-state index contributed by atoms with van der Waals surface area (Å²) in [4.78, 5) is 14.4. The summed E-state index contributed by atoms with van der Waals surface area (Å²) in [5, 5.41) is 3.50. The van der Waals surface area contributed by atoms with Gasteiger partial charge in [-0.15, -0.1) is 0 Å². The highest BCUT2D eigenvalue weighted by Gasteiger charge is 2.11. The first kappa shape index (κ1) is 14.9. The molecule has 1 N–H and O–H groups in total. The van der Waals surface area contributed by atoms with Gasteiger partial charge >= 0.3 is 0 Å². The second-order valence-corrected chi connectivity index (χ2v) is 5.54. The van der Waals surface area contributed by atoms with Crippen LogP contribution in [-0.4, -0.2) is 32.2 Å². The quantitative estimate of drug-likeness (QED) is 0.943. The minimum Gasteiger partial charge on any atom is -0.378 e. The van der Waals surface area contributed by atoms with E-state index in [9.17, 15) is 4.79 Å². The van der Waals surface area contributed by atoms with E-state index < -0.39 is 0 Å². The van der Waals surface area contributed by atoms with E-state index in [1.54, 1.807) is 24.3 Å². The normalized spacial score (nSPS) is 14.7. The van der Waals surface area contributed by atoms with E-state index in [0.717, 1.165) is 37.7 Å². The molecule has 2 aromatic rings. The molecule has 0 aliphatic carbocycles. The summed E-state index contributed by atoms with van der Waals surface area (Å²) in [5.74, 6) is -0.143. The highest BCUT2D eigenvalue weighted by Crippen LogP contribution is 2.19. The third kappa shape index (κ3) is 3.59. The molecule has 5 heteroatoms. The number of halogens is 1. The Morgan fingerprint density at radius 1 is 1.00 bits per heavy atom. The van der Waals surface area contributed by atoms with Crippen LogP contribution >= 0.6 is 11.6 Å². The number of carbonyl (C=O) groups is 1. The van der Waals surface area contributed by atoms with Crippen molar-refractivity contribution in [2.75, 3.05) is 36.5 Å². The summed E-state index contributed by atoms with van der Waals surface area (Å²) >= 11 is 5.82. The van der Waals surface area contributed by atoms with Gasteiger partial charge in [0.1, 0.15) is 0 Å². The second-order valence-electron chi connectivity index (χ2n) is 5.11. The molecule has 2 aromatic carbocycles. The van der Waals surface area contributed by atoms with Crippen LogP contribution < -0.4 is 10.2 Å². The molecule has 1 heterocycles. The van der Waals surface area contributed by atoms with Gasteiger partial charge in [0.2, 0.25) is 0 Å². The van der Waals surface area contributed by atoms with Crippen molar-refractivity contribution in [1.82, 2.24) is 0 Å². The third-order valence-corrected chi connectivity index (χ3v) is 3.86. The van der Waals surface area contributed by atoms with Crippen molar-refractivity contribution in [2.45, 2.75) is 0 Å². The zero-order valence-electron chi connectivity index (χ0n) is 12.1. The van der Waals surface area contributed by atoms with Gasteiger partial charge in [-0.05, 0) is 48.5 Å². The second kappa shape index (κ2) is 6.81. The lowest BCUT2D eigenvalue weighted by atomic mass is 10.2. The topological polar surface area (TPSA) is 41.6 Å². The van der Waals surface area contributed by atoms with Crippen LogP contribution in [0, 0.1) is 0 Å². The van der Waals surface area contributed by atoms with Gasteiger partial charge in [0.15, 0.2) is 0 Å². The van der Waals surface area contributed by atoms with Crippen LogP contribution in [0.4, 0.5) is 11.4 Å². The Hall–Kier alpha value is -2.04. The molecule has 0 radical (unpaired) electrons. The van der Waals surface area contributed by atoms with Gasteiger partial charge in [-0.3, -0.25) is 4.79 Å². The average molecular weight is 317 g/mol. The number of carbonyl (C=O) groups excluding carboxylic acids is 1. The number of morpholine rings is 1.